The van der Waals surface area contributed by atoms with Crippen LogP contribution in [-0.4, -0.2) is 24.1 Å². The fraction of sp³-hybridized carbons (Fsp3) is 0.136. The van der Waals surface area contributed by atoms with Crippen LogP contribution in [0, 0.1) is 0 Å². The average molecular weight is 406 g/mol. The number of carbonyl (C=O) groups excluding carboxylic acids is 2. The van der Waals surface area contributed by atoms with Gasteiger partial charge in [-0.3, -0.25) is 9.78 Å². The number of hydrogen-bond donors (Lipinski definition) is 3. The van der Waals surface area contributed by atoms with E-state index >= 15 is 0 Å². The molecule has 0 aliphatic rings. The maximum atomic E-state index is 12.3. The van der Waals surface area contributed by atoms with Crippen LogP contribution in [0.4, 0.5) is 16.2 Å². The average Bonchev–Trinajstić information content (AvgIpc) is 2.78. The summed E-state index contributed by atoms with van der Waals surface area (Å²) in [6.07, 6.45) is 2.49. The van der Waals surface area contributed by atoms with Crippen LogP contribution in [0.2, 0.25) is 0 Å². The molecule has 3 aromatic rings. The summed E-state index contributed by atoms with van der Waals surface area (Å²) in [4.78, 5) is 28.1. The highest BCUT2D eigenvalue weighted by atomic mass is 16.5. The third-order valence-corrected chi connectivity index (χ3v) is 4.26. The number of hydrogen-bond acceptors (Lipinski definition) is 6. The Morgan fingerprint density at radius 2 is 1.87 bits per heavy atom. The van der Waals surface area contributed by atoms with Crippen molar-refractivity contribution in [1.82, 2.24) is 10.3 Å². The molecule has 8 nitrogen and oxygen atoms in total. The Morgan fingerprint density at radius 1 is 1.07 bits per heavy atom. The molecule has 154 valence electrons. The van der Waals surface area contributed by atoms with Crippen molar-refractivity contribution in [1.29, 1.82) is 0 Å². The fourth-order valence-electron chi connectivity index (χ4n) is 2.63. The van der Waals surface area contributed by atoms with E-state index in [0.29, 0.717) is 22.7 Å². The van der Waals surface area contributed by atoms with E-state index in [9.17, 15) is 9.59 Å². The Hall–Kier alpha value is -4.07. The molecule has 0 fully saturated rings. The Balaban J connectivity index is 1.47. The molecular formula is C22H22N4O4. The largest absolute Gasteiger partial charge is 0.497 e. The normalized spacial score (nSPS) is 10.2. The summed E-state index contributed by atoms with van der Waals surface area (Å²) in [5, 5.41) is 5.41. The molecule has 2 amide bonds. The number of rotatable bonds is 7. The third kappa shape index (κ3) is 5.71. The molecule has 0 unspecified atom stereocenters. The Labute approximate surface area is 174 Å². The van der Waals surface area contributed by atoms with Gasteiger partial charge in [0.05, 0.1) is 24.7 Å². The van der Waals surface area contributed by atoms with Crippen LogP contribution in [0.5, 0.6) is 5.75 Å². The minimum atomic E-state index is -0.534. The number of nitrogens with one attached hydrogen (secondary N) is 2. The molecule has 4 N–H and O–H groups in total. The SMILES string of the molecule is COc1cccc(COC(=O)NCc2ccc(C(=O)Nc3ccncc3N)cc2)c1. The van der Waals surface area contributed by atoms with Crippen molar-refractivity contribution < 1.29 is 19.1 Å². The van der Waals surface area contributed by atoms with Crippen molar-refractivity contribution in [2.45, 2.75) is 13.2 Å². The highest BCUT2D eigenvalue weighted by Crippen LogP contribution is 2.17. The zero-order valence-electron chi connectivity index (χ0n) is 16.4. The highest BCUT2D eigenvalue weighted by molar-refractivity contribution is 6.05. The first-order valence-corrected chi connectivity index (χ1v) is 9.18. The molecule has 3 rings (SSSR count). The molecule has 1 aromatic heterocycles. The molecule has 0 bridgehead atoms. The van der Waals surface area contributed by atoms with Gasteiger partial charge < -0.3 is 25.8 Å². The number of amides is 2. The summed E-state index contributed by atoms with van der Waals surface area (Å²) >= 11 is 0. The van der Waals surface area contributed by atoms with Gasteiger partial charge in [0.2, 0.25) is 0 Å². The molecule has 8 heteroatoms. The molecule has 0 saturated heterocycles. The quantitative estimate of drug-likeness (QED) is 0.554. The second kappa shape index (κ2) is 9.92. The fourth-order valence-corrected chi connectivity index (χ4v) is 2.63. The van der Waals surface area contributed by atoms with Gasteiger partial charge in [-0.1, -0.05) is 24.3 Å². The first-order valence-electron chi connectivity index (χ1n) is 9.18. The Bertz CT molecular complexity index is 1020. The number of anilines is 2. The lowest BCUT2D eigenvalue weighted by molar-refractivity contribution is 0.102. The first kappa shape index (κ1) is 20.7. The van der Waals surface area contributed by atoms with Crippen LogP contribution in [0.3, 0.4) is 0 Å². The standard InChI is InChI=1S/C22H22N4O4/c1-29-18-4-2-3-16(11-18)14-30-22(28)25-12-15-5-7-17(8-6-15)21(27)26-20-9-10-24-13-19(20)23/h2-11,13H,12,14,23H2,1H3,(H,25,28)(H,24,26,27). The number of pyridine rings is 1. The number of carbonyl (C=O) groups is 2. The van der Waals surface area contributed by atoms with Gasteiger partial charge in [-0.15, -0.1) is 0 Å². The van der Waals surface area contributed by atoms with Gasteiger partial charge in [-0.25, -0.2) is 4.79 Å². The third-order valence-electron chi connectivity index (χ3n) is 4.26. The minimum absolute atomic E-state index is 0.139. The van der Waals surface area contributed by atoms with E-state index < -0.39 is 6.09 Å². The molecule has 30 heavy (non-hydrogen) atoms. The second-order valence-electron chi connectivity index (χ2n) is 6.40. The predicted octanol–water partition coefficient (Wildman–Crippen LogP) is 3.35. The number of benzene rings is 2. The second-order valence-corrected chi connectivity index (χ2v) is 6.40. The number of alkyl carbamates (subject to hydrolysis) is 1. The molecule has 2 aromatic carbocycles. The number of aromatic nitrogens is 1. The Kier molecular flexibility index (Phi) is 6.83. The first-order chi connectivity index (χ1) is 14.5. The van der Waals surface area contributed by atoms with Gasteiger partial charge in [0.1, 0.15) is 12.4 Å². The number of nitrogens with zero attached hydrogens (tertiary/aromatic N) is 1. The van der Waals surface area contributed by atoms with Crippen molar-refractivity contribution in [2.75, 3.05) is 18.2 Å². The zero-order chi connectivity index (χ0) is 21.3. The van der Waals surface area contributed by atoms with Crippen LogP contribution in [-0.2, 0) is 17.9 Å². The van der Waals surface area contributed by atoms with Crippen molar-refractivity contribution in [2.24, 2.45) is 0 Å². The Morgan fingerprint density at radius 3 is 2.60 bits per heavy atom. The summed E-state index contributed by atoms with van der Waals surface area (Å²) in [5.41, 5.74) is 8.79. The molecule has 1 heterocycles. The van der Waals surface area contributed by atoms with Crippen molar-refractivity contribution in [3.63, 3.8) is 0 Å². The maximum Gasteiger partial charge on any atom is 0.407 e. The molecule has 0 aliphatic carbocycles. The van der Waals surface area contributed by atoms with Gasteiger partial charge >= 0.3 is 6.09 Å². The topological polar surface area (TPSA) is 116 Å². The monoisotopic (exact) mass is 406 g/mol. The molecule has 0 spiro atoms. The molecule has 0 saturated carbocycles. The van der Waals surface area contributed by atoms with Crippen LogP contribution in [0.25, 0.3) is 0 Å². The van der Waals surface area contributed by atoms with Crippen LogP contribution >= 0.6 is 0 Å². The van der Waals surface area contributed by atoms with E-state index in [4.69, 9.17) is 15.2 Å². The van der Waals surface area contributed by atoms with Crippen LogP contribution < -0.4 is 21.1 Å². The number of methoxy groups -OCH3 is 1. The van der Waals surface area contributed by atoms with E-state index in [1.807, 2.05) is 18.2 Å². The molecule has 0 aliphatic heterocycles. The smallest absolute Gasteiger partial charge is 0.407 e. The van der Waals surface area contributed by atoms with E-state index in [0.717, 1.165) is 11.1 Å². The van der Waals surface area contributed by atoms with Crippen molar-refractivity contribution in [3.05, 3.63) is 83.7 Å². The summed E-state index contributed by atoms with van der Waals surface area (Å²) < 4.78 is 10.3. The zero-order valence-corrected chi connectivity index (χ0v) is 16.4. The summed E-state index contributed by atoms with van der Waals surface area (Å²) in [6.45, 7) is 0.413. The lowest BCUT2D eigenvalue weighted by Gasteiger charge is -2.09. The van der Waals surface area contributed by atoms with E-state index in [1.54, 1.807) is 49.7 Å². The van der Waals surface area contributed by atoms with Crippen LogP contribution in [0.15, 0.2) is 67.0 Å². The summed E-state index contributed by atoms with van der Waals surface area (Å²) in [7, 11) is 1.58. The number of nitrogen functional groups attached to an aromatic ring is 1. The van der Waals surface area contributed by atoms with Crippen LogP contribution in [0.1, 0.15) is 21.5 Å². The van der Waals surface area contributed by atoms with Gasteiger partial charge in [0.15, 0.2) is 0 Å². The maximum absolute atomic E-state index is 12.3. The minimum Gasteiger partial charge on any atom is -0.497 e. The molecule has 0 radical (unpaired) electrons. The van der Waals surface area contributed by atoms with Gasteiger partial charge in [-0.2, -0.15) is 0 Å². The molecular weight excluding hydrogens is 384 g/mol. The van der Waals surface area contributed by atoms with Crippen molar-refractivity contribution in [3.8, 4) is 5.75 Å². The van der Waals surface area contributed by atoms with E-state index in [-0.39, 0.29) is 19.1 Å². The number of ether oxygens (including phenoxy) is 2. The van der Waals surface area contributed by atoms with Crippen molar-refractivity contribution >= 4 is 23.4 Å². The number of nitrogens with two attached hydrogens (primary N) is 1. The highest BCUT2D eigenvalue weighted by Gasteiger charge is 2.09. The summed E-state index contributed by atoms with van der Waals surface area (Å²) in [5.74, 6) is 0.414. The molecule has 0 atom stereocenters. The van der Waals surface area contributed by atoms with Gasteiger partial charge in [0.25, 0.3) is 5.91 Å². The van der Waals surface area contributed by atoms with E-state index in [1.165, 1.54) is 6.20 Å². The van der Waals surface area contributed by atoms with Gasteiger partial charge in [0, 0.05) is 18.3 Å². The lowest BCUT2D eigenvalue weighted by Crippen LogP contribution is -2.23. The van der Waals surface area contributed by atoms with E-state index in [2.05, 4.69) is 15.6 Å². The summed E-state index contributed by atoms with van der Waals surface area (Å²) in [6, 6.07) is 15.8. The predicted molar refractivity (Wildman–Crippen MR) is 113 cm³/mol. The lowest BCUT2D eigenvalue weighted by atomic mass is 10.1. The van der Waals surface area contributed by atoms with Gasteiger partial charge in [-0.05, 0) is 41.5 Å².